The lowest BCUT2D eigenvalue weighted by Gasteiger charge is -1.68. The van der Waals surface area contributed by atoms with Gasteiger partial charge in [-0.15, -0.1) is 11.6 Å². The van der Waals surface area contributed by atoms with Crippen molar-refractivity contribution in [1.29, 1.82) is 0 Å². The average Bonchev–Trinajstić information content (AvgIpc) is 1.61. The first kappa shape index (κ1) is 5.65. The molecule has 0 aromatic rings. The second-order valence-corrected chi connectivity index (χ2v) is 1.11. The van der Waals surface area contributed by atoms with Gasteiger partial charge in [-0.2, -0.15) is 0 Å². The molecule has 0 rings (SSSR count). The van der Waals surface area contributed by atoms with Crippen molar-refractivity contribution < 1.29 is 5.11 Å². The SMILES string of the molecule is OC#CCCCl. The minimum atomic E-state index is 0.494. The van der Waals surface area contributed by atoms with Crippen LogP contribution in [0.1, 0.15) is 6.42 Å². The van der Waals surface area contributed by atoms with Crippen LogP contribution in [-0.2, 0) is 0 Å². The third kappa shape index (κ3) is 3.65. The zero-order valence-corrected chi connectivity index (χ0v) is 4.00. The molecule has 0 radical (unpaired) electrons. The molecule has 0 saturated carbocycles. The summed E-state index contributed by atoms with van der Waals surface area (Å²) in [4.78, 5) is 0. The Bertz CT molecular complexity index is 69.4. The van der Waals surface area contributed by atoms with Gasteiger partial charge in [0.2, 0.25) is 0 Å². The zero-order chi connectivity index (χ0) is 4.83. The number of aliphatic hydroxyl groups excluding tert-OH is 1. The molecule has 0 amide bonds. The van der Waals surface area contributed by atoms with Crippen LogP contribution >= 0.6 is 11.6 Å². The van der Waals surface area contributed by atoms with Crippen LogP contribution in [0.25, 0.3) is 0 Å². The molecule has 0 fully saturated rings. The van der Waals surface area contributed by atoms with Crippen molar-refractivity contribution >= 4 is 11.6 Å². The molecule has 2 heteroatoms. The number of halogens is 1. The predicted octanol–water partition coefficient (Wildman–Crippen LogP) is 0.949. The van der Waals surface area contributed by atoms with Crippen LogP contribution in [0.2, 0.25) is 0 Å². The number of hydrogen-bond acceptors (Lipinski definition) is 1. The summed E-state index contributed by atoms with van der Waals surface area (Å²) in [6.45, 7) is 0. The molecule has 34 valence electrons. The summed E-state index contributed by atoms with van der Waals surface area (Å²) in [6, 6.07) is 0. The van der Waals surface area contributed by atoms with Gasteiger partial charge in [0.25, 0.3) is 0 Å². The molecule has 0 aliphatic carbocycles. The number of alkyl halides is 1. The number of hydrogen-bond donors (Lipinski definition) is 1. The third-order valence-corrected chi connectivity index (χ3v) is 0.488. The highest BCUT2D eigenvalue weighted by molar-refractivity contribution is 6.17. The van der Waals surface area contributed by atoms with Crippen molar-refractivity contribution in [1.82, 2.24) is 0 Å². The van der Waals surface area contributed by atoms with E-state index < -0.39 is 0 Å². The quantitative estimate of drug-likeness (QED) is 0.388. The summed E-state index contributed by atoms with van der Waals surface area (Å²) in [7, 11) is 0. The van der Waals surface area contributed by atoms with E-state index in [-0.39, 0.29) is 0 Å². The summed E-state index contributed by atoms with van der Waals surface area (Å²) < 4.78 is 0. The molecule has 0 spiro atoms. The molecule has 0 atom stereocenters. The van der Waals surface area contributed by atoms with E-state index in [1.807, 2.05) is 0 Å². The maximum absolute atomic E-state index is 7.78. The predicted molar refractivity (Wildman–Crippen MR) is 25.0 cm³/mol. The first-order valence-electron chi connectivity index (χ1n) is 1.59. The minimum Gasteiger partial charge on any atom is -0.462 e. The van der Waals surface area contributed by atoms with E-state index in [9.17, 15) is 0 Å². The van der Waals surface area contributed by atoms with E-state index in [1.54, 1.807) is 6.11 Å². The van der Waals surface area contributed by atoms with E-state index >= 15 is 0 Å². The summed E-state index contributed by atoms with van der Waals surface area (Å²) >= 11 is 5.17. The summed E-state index contributed by atoms with van der Waals surface area (Å²) in [5.74, 6) is 2.87. The maximum Gasteiger partial charge on any atom is 0.107 e. The van der Waals surface area contributed by atoms with Gasteiger partial charge in [0.1, 0.15) is 6.11 Å². The summed E-state index contributed by atoms with van der Waals surface area (Å²) in [6.07, 6.45) is 2.30. The Morgan fingerprint density at radius 3 is 2.50 bits per heavy atom. The van der Waals surface area contributed by atoms with Gasteiger partial charge in [0.05, 0.1) is 0 Å². The van der Waals surface area contributed by atoms with Gasteiger partial charge in [-0.25, -0.2) is 0 Å². The van der Waals surface area contributed by atoms with Crippen molar-refractivity contribution in [2.75, 3.05) is 5.88 Å². The van der Waals surface area contributed by atoms with E-state index in [4.69, 9.17) is 16.7 Å². The van der Waals surface area contributed by atoms with Crippen molar-refractivity contribution in [3.63, 3.8) is 0 Å². The molecular weight excluding hydrogens is 99.5 g/mol. The molecule has 1 nitrogen and oxygen atoms in total. The topological polar surface area (TPSA) is 20.2 Å². The Hall–Kier alpha value is -0.350. The molecule has 0 bridgehead atoms. The lowest BCUT2D eigenvalue weighted by molar-refractivity contribution is 0.516. The highest BCUT2D eigenvalue weighted by atomic mass is 35.5. The van der Waals surface area contributed by atoms with E-state index in [0.29, 0.717) is 12.3 Å². The smallest absolute Gasteiger partial charge is 0.107 e. The first-order chi connectivity index (χ1) is 2.91. The Morgan fingerprint density at radius 1 is 1.67 bits per heavy atom. The molecule has 0 unspecified atom stereocenters. The van der Waals surface area contributed by atoms with Crippen molar-refractivity contribution in [3.8, 4) is 12.0 Å². The largest absolute Gasteiger partial charge is 0.462 e. The highest BCUT2D eigenvalue weighted by Crippen LogP contribution is 1.77. The van der Waals surface area contributed by atoms with Crippen LogP contribution in [-0.4, -0.2) is 11.0 Å². The highest BCUT2D eigenvalue weighted by Gasteiger charge is 1.67. The summed E-state index contributed by atoms with van der Waals surface area (Å²) in [5, 5.41) is 7.78. The average molecular weight is 105 g/mol. The number of rotatable bonds is 1. The fraction of sp³-hybridized carbons (Fsp3) is 0.500. The maximum atomic E-state index is 7.78. The Morgan fingerprint density at radius 2 is 2.33 bits per heavy atom. The monoisotopic (exact) mass is 104 g/mol. The van der Waals surface area contributed by atoms with Gasteiger partial charge in [-0.1, -0.05) is 5.92 Å². The number of aliphatic hydroxyl groups is 1. The minimum absolute atomic E-state index is 0.494. The van der Waals surface area contributed by atoms with Crippen LogP contribution < -0.4 is 0 Å². The molecule has 0 aromatic carbocycles. The molecule has 0 saturated heterocycles. The Labute approximate surface area is 41.9 Å². The van der Waals surface area contributed by atoms with Gasteiger partial charge in [0, 0.05) is 12.3 Å². The molecule has 0 aliphatic heterocycles. The van der Waals surface area contributed by atoms with Crippen LogP contribution in [0, 0.1) is 12.0 Å². The molecule has 0 aliphatic rings. The van der Waals surface area contributed by atoms with Gasteiger partial charge in [0.15, 0.2) is 0 Å². The lowest BCUT2D eigenvalue weighted by Crippen LogP contribution is -1.64. The van der Waals surface area contributed by atoms with Crippen molar-refractivity contribution in [3.05, 3.63) is 0 Å². The van der Waals surface area contributed by atoms with Gasteiger partial charge < -0.3 is 5.11 Å². The Kier molecular flexibility index (Phi) is 4.38. The van der Waals surface area contributed by atoms with Crippen LogP contribution in [0.5, 0.6) is 0 Å². The fourth-order valence-electron chi connectivity index (χ4n) is 0.103. The molecular formula is C4H5ClO. The second-order valence-electron chi connectivity index (χ2n) is 0.728. The molecule has 0 aromatic heterocycles. The second kappa shape index (κ2) is 4.65. The van der Waals surface area contributed by atoms with E-state index in [0.717, 1.165) is 0 Å². The van der Waals surface area contributed by atoms with Gasteiger partial charge >= 0.3 is 0 Å². The van der Waals surface area contributed by atoms with E-state index in [1.165, 1.54) is 0 Å². The lowest BCUT2D eigenvalue weighted by atomic mass is 10.5. The molecule has 6 heavy (non-hydrogen) atoms. The van der Waals surface area contributed by atoms with Crippen LogP contribution in [0.15, 0.2) is 0 Å². The van der Waals surface area contributed by atoms with Gasteiger partial charge in [-0.3, -0.25) is 0 Å². The van der Waals surface area contributed by atoms with Crippen LogP contribution in [0.3, 0.4) is 0 Å². The van der Waals surface area contributed by atoms with Crippen molar-refractivity contribution in [2.24, 2.45) is 0 Å². The van der Waals surface area contributed by atoms with Gasteiger partial charge in [-0.05, 0) is 0 Å². The zero-order valence-electron chi connectivity index (χ0n) is 3.24. The van der Waals surface area contributed by atoms with E-state index in [2.05, 4.69) is 5.92 Å². The normalized spacial score (nSPS) is 6.17. The molecule has 1 N–H and O–H groups in total. The first-order valence-corrected chi connectivity index (χ1v) is 2.13. The fourth-order valence-corrected chi connectivity index (χ4v) is 0.198. The Balaban J connectivity index is 2.79. The van der Waals surface area contributed by atoms with Crippen LogP contribution in [0.4, 0.5) is 0 Å². The van der Waals surface area contributed by atoms with Crippen molar-refractivity contribution in [2.45, 2.75) is 6.42 Å². The standard InChI is InChI=1S/C4H5ClO/c5-3-1-2-4-6/h6H,1,3H2. The molecule has 0 heterocycles. The summed E-state index contributed by atoms with van der Waals surface area (Å²) in [5.41, 5.74) is 0. The third-order valence-electron chi connectivity index (χ3n) is 0.299.